The van der Waals surface area contributed by atoms with Crippen molar-refractivity contribution in [3.63, 3.8) is 0 Å². The van der Waals surface area contributed by atoms with Crippen molar-refractivity contribution >= 4 is 5.95 Å². The van der Waals surface area contributed by atoms with E-state index in [4.69, 9.17) is 0 Å². The summed E-state index contributed by atoms with van der Waals surface area (Å²) in [6, 6.07) is 0. The van der Waals surface area contributed by atoms with E-state index in [1.165, 1.54) is 12.8 Å². The fourth-order valence-corrected chi connectivity index (χ4v) is 1.30. The predicted octanol–water partition coefficient (Wildman–Crippen LogP) is 0.472. The van der Waals surface area contributed by atoms with Gasteiger partial charge in [0.15, 0.2) is 0 Å². The van der Waals surface area contributed by atoms with Crippen LogP contribution in [0.3, 0.4) is 0 Å². The van der Waals surface area contributed by atoms with Crippen molar-refractivity contribution in [2.24, 2.45) is 0 Å². The summed E-state index contributed by atoms with van der Waals surface area (Å²) in [5.74, 6) is 0.769. The van der Waals surface area contributed by atoms with Gasteiger partial charge in [0.2, 0.25) is 5.95 Å². The average molecular weight is 150 g/mol. The van der Waals surface area contributed by atoms with Gasteiger partial charge in [-0.05, 0) is 12.8 Å². The minimum atomic E-state index is 0.769. The molecule has 0 aromatic carbocycles. The summed E-state index contributed by atoms with van der Waals surface area (Å²) >= 11 is 0. The van der Waals surface area contributed by atoms with Crippen LogP contribution < -0.4 is 4.90 Å². The van der Waals surface area contributed by atoms with Gasteiger partial charge in [0.05, 0.1) is 12.4 Å². The van der Waals surface area contributed by atoms with Gasteiger partial charge in [-0.15, -0.1) is 5.10 Å². The Labute approximate surface area is 65.3 Å². The number of nitrogens with zero attached hydrogens (tertiary/aromatic N) is 4. The Kier molecular flexibility index (Phi) is 1.67. The Hall–Kier alpha value is -1.19. The molecule has 1 aliphatic rings. The zero-order chi connectivity index (χ0) is 7.52. The van der Waals surface area contributed by atoms with E-state index < -0.39 is 0 Å². The zero-order valence-corrected chi connectivity index (χ0v) is 6.27. The van der Waals surface area contributed by atoms with Crippen LogP contribution in [0.1, 0.15) is 12.8 Å². The van der Waals surface area contributed by atoms with Crippen LogP contribution >= 0.6 is 0 Å². The van der Waals surface area contributed by atoms with Gasteiger partial charge in [0.1, 0.15) is 0 Å². The molecule has 0 N–H and O–H groups in total. The first-order valence-corrected chi connectivity index (χ1v) is 3.85. The molecule has 0 bridgehead atoms. The fraction of sp³-hybridized carbons (Fsp3) is 0.571. The van der Waals surface area contributed by atoms with Crippen molar-refractivity contribution in [1.82, 2.24) is 15.2 Å². The third-order valence-corrected chi connectivity index (χ3v) is 1.86. The minimum Gasteiger partial charge on any atom is -0.340 e. The van der Waals surface area contributed by atoms with Crippen LogP contribution in [0, 0.1) is 0 Å². The van der Waals surface area contributed by atoms with Crippen LogP contribution in [0.25, 0.3) is 0 Å². The second-order valence-corrected chi connectivity index (χ2v) is 2.64. The smallest absolute Gasteiger partial charge is 0.245 e. The number of rotatable bonds is 1. The Morgan fingerprint density at radius 3 is 2.64 bits per heavy atom. The monoisotopic (exact) mass is 150 g/mol. The summed E-state index contributed by atoms with van der Waals surface area (Å²) in [5, 5.41) is 7.70. The van der Waals surface area contributed by atoms with E-state index in [1.54, 1.807) is 12.4 Å². The molecule has 1 fully saturated rings. The fourth-order valence-electron chi connectivity index (χ4n) is 1.30. The number of anilines is 1. The molecular formula is C7H10N4. The molecule has 4 heteroatoms. The highest BCUT2D eigenvalue weighted by molar-refractivity contribution is 5.27. The molecule has 0 unspecified atom stereocenters. The van der Waals surface area contributed by atoms with E-state index in [2.05, 4.69) is 20.1 Å². The quantitative estimate of drug-likeness (QED) is 0.583. The molecular weight excluding hydrogens is 140 g/mol. The summed E-state index contributed by atoms with van der Waals surface area (Å²) in [6.07, 6.45) is 5.77. The first kappa shape index (κ1) is 6.52. The molecule has 0 atom stereocenters. The molecule has 1 aromatic heterocycles. The van der Waals surface area contributed by atoms with E-state index in [-0.39, 0.29) is 0 Å². The highest BCUT2D eigenvalue weighted by atomic mass is 15.3. The van der Waals surface area contributed by atoms with Crippen molar-refractivity contribution in [3.05, 3.63) is 12.4 Å². The van der Waals surface area contributed by atoms with Gasteiger partial charge < -0.3 is 4.90 Å². The molecule has 0 radical (unpaired) electrons. The Morgan fingerprint density at radius 2 is 2.00 bits per heavy atom. The number of hydrogen-bond acceptors (Lipinski definition) is 4. The number of hydrogen-bond donors (Lipinski definition) is 0. The number of aromatic nitrogens is 3. The van der Waals surface area contributed by atoms with Crippen molar-refractivity contribution in [2.45, 2.75) is 12.8 Å². The second kappa shape index (κ2) is 2.82. The van der Waals surface area contributed by atoms with Gasteiger partial charge in [0.25, 0.3) is 0 Å². The first-order chi connectivity index (χ1) is 5.47. The molecule has 58 valence electrons. The minimum absolute atomic E-state index is 0.769. The van der Waals surface area contributed by atoms with Gasteiger partial charge >= 0.3 is 0 Å². The molecule has 0 aliphatic carbocycles. The predicted molar refractivity (Wildman–Crippen MR) is 41.3 cm³/mol. The van der Waals surface area contributed by atoms with Gasteiger partial charge in [-0.2, -0.15) is 5.10 Å². The Morgan fingerprint density at radius 1 is 1.18 bits per heavy atom. The second-order valence-electron chi connectivity index (χ2n) is 2.64. The van der Waals surface area contributed by atoms with Crippen molar-refractivity contribution in [1.29, 1.82) is 0 Å². The van der Waals surface area contributed by atoms with Crippen molar-refractivity contribution < 1.29 is 0 Å². The van der Waals surface area contributed by atoms with Crippen LogP contribution in [0.5, 0.6) is 0 Å². The molecule has 4 nitrogen and oxygen atoms in total. The topological polar surface area (TPSA) is 41.9 Å². The molecule has 1 aliphatic heterocycles. The van der Waals surface area contributed by atoms with Crippen LogP contribution in [0.2, 0.25) is 0 Å². The maximum Gasteiger partial charge on any atom is 0.245 e. The molecule has 1 aromatic rings. The van der Waals surface area contributed by atoms with Crippen molar-refractivity contribution in [3.8, 4) is 0 Å². The molecule has 2 heterocycles. The summed E-state index contributed by atoms with van der Waals surface area (Å²) in [7, 11) is 0. The lowest BCUT2D eigenvalue weighted by Gasteiger charge is -2.12. The molecule has 0 saturated carbocycles. The Bertz CT molecular complexity index is 217. The lowest BCUT2D eigenvalue weighted by molar-refractivity contribution is 0.850. The van der Waals surface area contributed by atoms with Gasteiger partial charge in [-0.3, -0.25) is 0 Å². The Balaban J connectivity index is 2.16. The third kappa shape index (κ3) is 1.29. The van der Waals surface area contributed by atoms with E-state index in [1.807, 2.05) is 0 Å². The van der Waals surface area contributed by atoms with E-state index in [0.717, 1.165) is 19.0 Å². The summed E-state index contributed by atoms with van der Waals surface area (Å²) in [4.78, 5) is 6.27. The molecule has 11 heavy (non-hydrogen) atoms. The molecule has 0 amide bonds. The lowest BCUT2D eigenvalue weighted by atomic mass is 10.4. The van der Waals surface area contributed by atoms with E-state index in [0.29, 0.717) is 0 Å². The molecule has 0 spiro atoms. The van der Waals surface area contributed by atoms with E-state index in [9.17, 15) is 0 Å². The van der Waals surface area contributed by atoms with Crippen LogP contribution in [0.4, 0.5) is 5.95 Å². The zero-order valence-electron chi connectivity index (χ0n) is 6.27. The van der Waals surface area contributed by atoms with Crippen LogP contribution in [-0.4, -0.2) is 28.3 Å². The summed E-state index contributed by atoms with van der Waals surface area (Å²) < 4.78 is 0. The van der Waals surface area contributed by atoms with Gasteiger partial charge in [-0.1, -0.05) is 0 Å². The maximum atomic E-state index is 4.11. The highest BCUT2D eigenvalue weighted by Crippen LogP contribution is 2.12. The SMILES string of the molecule is c1cnc(N2CCCC2)nn1. The maximum absolute atomic E-state index is 4.11. The van der Waals surface area contributed by atoms with Crippen LogP contribution in [-0.2, 0) is 0 Å². The van der Waals surface area contributed by atoms with Gasteiger partial charge in [-0.25, -0.2) is 4.98 Å². The lowest BCUT2D eigenvalue weighted by Crippen LogP contribution is -2.20. The third-order valence-electron chi connectivity index (χ3n) is 1.86. The van der Waals surface area contributed by atoms with Crippen LogP contribution in [0.15, 0.2) is 12.4 Å². The first-order valence-electron chi connectivity index (χ1n) is 3.85. The molecule has 2 rings (SSSR count). The largest absolute Gasteiger partial charge is 0.340 e. The summed E-state index contributed by atoms with van der Waals surface area (Å²) in [5.41, 5.74) is 0. The van der Waals surface area contributed by atoms with E-state index >= 15 is 0 Å². The molecule has 1 saturated heterocycles. The van der Waals surface area contributed by atoms with Gasteiger partial charge in [0, 0.05) is 13.1 Å². The standard InChI is InChI=1S/C7H10N4/c1-2-6-11(5-1)7-8-3-4-9-10-7/h3-4H,1-2,5-6H2. The van der Waals surface area contributed by atoms with Crippen molar-refractivity contribution in [2.75, 3.05) is 18.0 Å². The normalized spacial score (nSPS) is 17.3. The highest BCUT2D eigenvalue weighted by Gasteiger charge is 2.13. The average Bonchev–Trinajstić information content (AvgIpc) is 2.58. The summed E-state index contributed by atoms with van der Waals surface area (Å²) in [6.45, 7) is 2.15.